The summed E-state index contributed by atoms with van der Waals surface area (Å²) in [4.78, 5) is 54.9. The summed E-state index contributed by atoms with van der Waals surface area (Å²) in [7, 11) is 0. The van der Waals surface area contributed by atoms with Crippen LogP contribution in [-0.4, -0.2) is 59.9 Å². The van der Waals surface area contributed by atoms with Gasteiger partial charge in [-0.05, 0) is 85.5 Å². The molecule has 1 aliphatic rings. The maximum absolute atomic E-state index is 14.7. The van der Waals surface area contributed by atoms with E-state index in [9.17, 15) is 24.3 Å². The van der Waals surface area contributed by atoms with Gasteiger partial charge in [-0.1, -0.05) is 91.0 Å². The van der Waals surface area contributed by atoms with Gasteiger partial charge in [0.15, 0.2) is 0 Å². The van der Waals surface area contributed by atoms with E-state index in [2.05, 4.69) is 22.8 Å². The molecule has 0 heterocycles. The Morgan fingerprint density at radius 1 is 0.792 bits per heavy atom. The number of hydrogen-bond acceptors (Lipinski definition) is 7. The molecule has 278 valence electrons. The fourth-order valence-corrected chi connectivity index (χ4v) is 6.59. The van der Waals surface area contributed by atoms with Gasteiger partial charge in [0.1, 0.15) is 24.3 Å². The van der Waals surface area contributed by atoms with E-state index < -0.39 is 41.7 Å². The third-order valence-electron chi connectivity index (χ3n) is 9.06. The number of aliphatic hydroxyl groups excluding tert-OH is 1. The van der Waals surface area contributed by atoms with Crippen molar-refractivity contribution in [3.63, 3.8) is 0 Å². The zero-order valence-electron chi connectivity index (χ0n) is 30.4. The number of anilines is 1. The van der Waals surface area contributed by atoms with Crippen LogP contribution in [0, 0.1) is 0 Å². The number of hydrogen-bond donors (Lipinski definition) is 4. The summed E-state index contributed by atoms with van der Waals surface area (Å²) >= 11 is 0. The van der Waals surface area contributed by atoms with Crippen molar-refractivity contribution in [1.82, 2.24) is 10.6 Å². The number of nitrogens with two attached hydrogens (primary N) is 1. The highest BCUT2D eigenvalue weighted by Crippen LogP contribution is 2.44. The Hall–Kier alpha value is -5.68. The highest BCUT2D eigenvalue weighted by Gasteiger charge is 2.36. The molecule has 0 aliphatic heterocycles. The van der Waals surface area contributed by atoms with Crippen molar-refractivity contribution in [2.24, 2.45) is 5.73 Å². The van der Waals surface area contributed by atoms with Gasteiger partial charge in [-0.2, -0.15) is 0 Å². The summed E-state index contributed by atoms with van der Waals surface area (Å²) < 4.78 is 11.1. The van der Waals surface area contributed by atoms with Gasteiger partial charge >= 0.3 is 12.2 Å². The zero-order valence-corrected chi connectivity index (χ0v) is 30.4. The molecule has 4 aromatic rings. The first-order valence-corrected chi connectivity index (χ1v) is 17.9. The Labute approximate surface area is 310 Å². The van der Waals surface area contributed by atoms with Crippen LogP contribution in [0.15, 0.2) is 103 Å². The summed E-state index contributed by atoms with van der Waals surface area (Å²) in [5.41, 5.74) is 11.4. The molecule has 2 atom stereocenters. The number of fused-ring (bicyclic) bond motifs is 3. The number of nitrogens with one attached hydrogen (secondary N) is 2. The van der Waals surface area contributed by atoms with E-state index in [-0.39, 0.29) is 32.0 Å². The largest absolute Gasteiger partial charge is 0.449 e. The van der Waals surface area contributed by atoms with Crippen LogP contribution >= 0.6 is 0 Å². The third kappa shape index (κ3) is 10.2. The van der Waals surface area contributed by atoms with Crippen molar-refractivity contribution >= 4 is 29.7 Å². The molecular weight excluding hydrogens is 672 g/mol. The van der Waals surface area contributed by atoms with E-state index in [0.717, 1.165) is 27.8 Å². The van der Waals surface area contributed by atoms with Crippen LogP contribution in [0.5, 0.6) is 0 Å². The van der Waals surface area contributed by atoms with Crippen molar-refractivity contribution in [1.29, 1.82) is 0 Å². The number of benzene rings is 4. The summed E-state index contributed by atoms with van der Waals surface area (Å²) in [6, 6.07) is 29.6. The van der Waals surface area contributed by atoms with E-state index in [1.165, 1.54) is 4.90 Å². The highest BCUT2D eigenvalue weighted by atomic mass is 16.6. The average molecular weight is 721 g/mol. The summed E-state index contributed by atoms with van der Waals surface area (Å²) in [6.45, 7) is 5.46. The van der Waals surface area contributed by atoms with Gasteiger partial charge in [0.05, 0.1) is 6.61 Å². The second kappa shape index (κ2) is 17.7. The number of ether oxygens (including phenoxy) is 2. The van der Waals surface area contributed by atoms with Crippen molar-refractivity contribution < 1.29 is 33.8 Å². The Bertz CT molecular complexity index is 1830. The predicted molar refractivity (Wildman–Crippen MR) is 203 cm³/mol. The number of carbonyl (C=O) groups excluding carboxylic acids is 4. The van der Waals surface area contributed by atoms with Gasteiger partial charge in [-0.25, -0.2) is 9.59 Å². The van der Waals surface area contributed by atoms with Crippen LogP contribution in [0.3, 0.4) is 0 Å². The average Bonchev–Trinajstić information content (AvgIpc) is 3.46. The number of aliphatic hydroxyl groups is 1. The first-order chi connectivity index (χ1) is 25.4. The molecule has 0 bridgehead atoms. The minimum atomic E-state index is -1.14. The van der Waals surface area contributed by atoms with E-state index in [0.29, 0.717) is 30.6 Å². The van der Waals surface area contributed by atoms with Crippen molar-refractivity contribution in [3.05, 3.63) is 125 Å². The molecule has 0 spiro atoms. The first-order valence-electron chi connectivity index (χ1n) is 17.9. The van der Waals surface area contributed by atoms with Crippen LogP contribution in [0.4, 0.5) is 15.3 Å². The molecule has 1 aliphatic carbocycles. The van der Waals surface area contributed by atoms with Crippen LogP contribution in [0.2, 0.25) is 0 Å². The molecule has 4 aromatic carbocycles. The Kier molecular flexibility index (Phi) is 12.9. The summed E-state index contributed by atoms with van der Waals surface area (Å²) in [6.07, 6.45) is -0.110. The second-order valence-corrected chi connectivity index (χ2v) is 14.1. The van der Waals surface area contributed by atoms with Crippen molar-refractivity contribution in [2.45, 2.75) is 76.7 Å². The minimum Gasteiger partial charge on any atom is -0.449 e. The molecular formula is C42H48N4O7. The van der Waals surface area contributed by atoms with Gasteiger partial charge < -0.3 is 30.9 Å². The number of primary amides is 1. The maximum atomic E-state index is 14.7. The SMILES string of the molecule is CC(C)(C)OC(=O)NCCCC[C@@H](C(N)=O)N(C(=O)[C@H](Cc1ccccc1)NC(=O)OCC1c2ccccc2-c2ccccc21)c1ccc(CO)cc1. The highest BCUT2D eigenvalue weighted by molar-refractivity contribution is 6.04. The molecule has 0 unspecified atom stereocenters. The van der Waals surface area contributed by atoms with E-state index in [4.69, 9.17) is 15.2 Å². The van der Waals surface area contributed by atoms with Crippen LogP contribution in [0.1, 0.15) is 68.2 Å². The van der Waals surface area contributed by atoms with Crippen LogP contribution in [-0.2, 0) is 32.1 Å². The Balaban J connectivity index is 1.36. The van der Waals surface area contributed by atoms with E-state index >= 15 is 0 Å². The van der Waals surface area contributed by atoms with Gasteiger partial charge in [0, 0.05) is 24.6 Å². The quantitative estimate of drug-likeness (QED) is 0.106. The van der Waals surface area contributed by atoms with E-state index in [1.54, 1.807) is 45.0 Å². The maximum Gasteiger partial charge on any atom is 0.407 e. The third-order valence-corrected chi connectivity index (χ3v) is 9.06. The Morgan fingerprint density at radius 3 is 1.98 bits per heavy atom. The summed E-state index contributed by atoms with van der Waals surface area (Å²) in [5.74, 6) is -1.47. The van der Waals surface area contributed by atoms with Gasteiger partial charge in [0.25, 0.3) is 5.91 Å². The van der Waals surface area contributed by atoms with Gasteiger partial charge in [-0.3, -0.25) is 14.5 Å². The van der Waals surface area contributed by atoms with E-state index in [1.807, 2.05) is 66.7 Å². The molecule has 4 amide bonds. The second-order valence-electron chi connectivity index (χ2n) is 14.1. The van der Waals surface area contributed by atoms with Crippen molar-refractivity contribution in [2.75, 3.05) is 18.1 Å². The molecule has 11 nitrogen and oxygen atoms in total. The molecule has 0 fully saturated rings. The standard InChI is InChI=1S/C42H48N4O7/c1-42(2,3)53-40(50)44-24-12-11-19-37(38(43)48)46(30-22-20-29(26-47)21-23-30)39(49)36(25-28-13-5-4-6-14-28)45-41(51)52-27-35-33-17-9-7-15-31(33)32-16-8-10-18-34(32)35/h4-10,13-18,20-23,35-37,47H,11-12,19,24-27H2,1-3H3,(H2,43,48)(H,44,50)(H,45,51)/t36-,37-/m0/s1. The Morgan fingerprint density at radius 2 is 1.40 bits per heavy atom. The molecule has 53 heavy (non-hydrogen) atoms. The lowest BCUT2D eigenvalue weighted by molar-refractivity contribution is -0.125. The number of amides is 4. The topological polar surface area (TPSA) is 160 Å². The molecule has 11 heteroatoms. The van der Waals surface area contributed by atoms with Gasteiger partial charge in [-0.15, -0.1) is 0 Å². The smallest absolute Gasteiger partial charge is 0.407 e. The predicted octanol–water partition coefficient (Wildman–Crippen LogP) is 6.21. The lowest BCUT2D eigenvalue weighted by Gasteiger charge is -2.33. The normalized spacial score (nSPS) is 13.2. The molecule has 0 aromatic heterocycles. The number of alkyl carbamates (subject to hydrolysis) is 2. The molecule has 5 N–H and O–H groups in total. The number of carbonyl (C=O) groups is 4. The monoisotopic (exact) mass is 720 g/mol. The fourth-order valence-electron chi connectivity index (χ4n) is 6.59. The minimum absolute atomic E-state index is 0.0552. The molecule has 0 saturated carbocycles. The van der Waals surface area contributed by atoms with Crippen LogP contribution < -0.4 is 21.3 Å². The lowest BCUT2D eigenvalue weighted by atomic mass is 9.98. The molecule has 0 radical (unpaired) electrons. The lowest BCUT2D eigenvalue weighted by Crippen LogP contribution is -2.56. The molecule has 0 saturated heterocycles. The fraction of sp³-hybridized carbons (Fsp3) is 0.333. The summed E-state index contributed by atoms with van der Waals surface area (Å²) in [5, 5.41) is 15.2. The van der Waals surface area contributed by atoms with Crippen molar-refractivity contribution in [3.8, 4) is 11.1 Å². The number of unbranched alkanes of at least 4 members (excludes halogenated alkanes) is 1. The molecule has 5 rings (SSSR count). The van der Waals surface area contributed by atoms with Crippen LogP contribution in [0.25, 0.3) is 11.1 Å². The van der Waals surface area contributed by atoms with Gasteiger partial charge in [0.2, 0.25) is 5.91 Å². The first kappa shape index (κ1) is 38.5. The number of rotatable bonds is 15. The zero-order chi connectivity index (χ0) is 38.0. The number of nitrogens with zero attached hydrogens (tertiary/aromatic N) is 1.